The molecule has 0 aliphatic heterocycles. The van der Waals surface area contributed by atoms with Crippen LogP contribution < -0.4 is 0 Å². The number of fused-ring (bicyclic) bond motifs is 3. The minimum absolute atomic E-state index is 0.143. The number of carbonyl (C=O) groups is 1. The third kappa shape index (κ3) is 4.26. The summed E-state index contributed by atoms with van der Waals surface area (Å²) in [4.78, 5) is 21.0. The highest BCUT2D eigenvalue weighted by molar-refractivity contribution is 6.03. The Hall–Kier alpha value is -3.87. The van der Waals surface area contributed by atoms with E-state index in [2.05, 4.69) is 20.0 Å². The van der Waals surface area contributed by atoms with Crippen molar-refractivity contribution in [3.8, 4) is 0 Å². The van der Waals surface area contributed by atoms with Gasteiger partial charge >= 0.3 is 0 Å². The number of pyridine rings is 1. The van der Waals surface area contributed by atoms with Gasteiger partial charge in [-0.05, 0) is 31.9 Å². The second-order valence-corrected chi connectivity index (χ2v) is 7.94. The normalized spacial score (nSPS) is 17.3. The van der Waals surface area contributed by atoms with E-state index in [0.29, 0.717) is 57.7 Å². The molecule has 1 unspecified atom stereocenters. The molecule has 3 aromatic heterocycles. The highest BCUT2D eigenvalue weighted by atomic mass is 19.3. The van der Waals surface area contributed by atoms with Gasteiger partial charge in [0.25, 0.3) is 12.4 Å². The largest absolute Gasteiger partial charge is 0.483 e. The molecule has 0 spiro atoms. The first-order chi connectivity index (χ1) is 15.9. The van der Waals surface area contributed by atoms with Crippen molar-refractivity contribution >= 4 is 34.1 Å². The van der Waals surface area contributed by atoms with Gasteiger partial charge in [0.05, 0.1) is 42.0 Å². The fourth-order valence-corrected chi connectivity index (χ4v) is 4.40. The maximum atomic E-state index is 15.1. The van der Waals surface area contributed by atoms with Crippen molar-refractivity contribution in [1.29, 1.82) is 0 Å². The van der Waals surface area contributed by atoms with Crippen molar-refractivity contribution in [3.63, 3.8) is 0 Å². The number of hydrogen-bond acceptors (Lipinski definition) is 5. The van der Waals surface area contributed by atoms with Gasteiger partial charge in [-0.2, -0.15) is 0 Å². The van der Waals surface area contributed by atoms with Crippen molar-refractivity contribution < 1.29 is 23.2 Å². The lowest BCUT2D eigenvalue weighted by Gasteiger charge is -2.33. The van der Waals surface area contributed by atoms with Gasteiger partial charge in [-0.1, -0.05) is 17.6 Å². The van der Waals surface area contributed by atoms with Gasteiger partial charge in [0.2, 0.25) is 0 Å². The predicted molar refractivity (Wildman–Crippen MR) is 116 cm³/mol. The Morgan fingerprint density at radius 2 is 2.12 bits per heavy atom. The minimum Gasteiger partial charge on any atom is -0.483 e. The fraction of sp³-hybridized carbons (Fsp3) is 0.348. The van der Waals surface area contributed by atoms with Gasteiger partial charge < -0.3 is 14.2 Å². The number of nitrogens with zero attached hydrogens (tertiary/aromatic N) is 5. The fourth-order valence-electron chi connectivity index (χ4n) is 4.40. The molecule has 1 aliphatic carbocycles. The third-order valence-electron chi connectivity index (χ3n) is 5.75. The van der Waals surface area contributed by atoms with Crippen molar-refractivity contribution in [2.24, 2.45) is 0 Å². The maximum Gasteiger partial charge on any atom is 0.290 e. The Balaban J connectivity index is 0.000000821. The quantitative estimate of drug-likeness (QED) is 0.326. The smallest absolute Gasteiger partial charge is 0.290 e. The summed E-state index contributed by atoms with van der Waals surface area (Å²) >= 11 is 0. The summed E-state index contributed by atoms with van der Waals surface area (Å²) in [5.41, 5.74) is 2.88. The number of imidazole rings is 1. The molecule has 1 N–H and O–H groups in total. The summed E-state index contributed by atoms with van der Waals surface area (Å²) in [7, 11) is 0. The summed E-state index contributed by atoms with van der Waals surface area (Å²) in [6.07, 6.45) is 3.37. The second-order valence-electron chi connectivity index (χ2n) is 7.94. The van der Waals surface area contributed by atoms with Crippen LogP contribution in [0.2, 0.25) is 0 Å². The zero-order chi connectivity index (χ0) is 23.6. The van der Waals surface area contributed by atoms with Crippen LogP contribution in [-0.4, -0.2) is 37.2 Å². The molecular formula is C23H21F2N5O3. The van der Waals surface area contributed by atoms with E-state index >= 15 is 8.78 Å². The standard InChI is InChI=1S/C22H19F2N5O.CH2O2/c1-13-9-15(28-30-13)11-20-27-18-12-26-17-7-6-14(25-2)10-16(17)21(18)29(20)19-5-3-4-8-22(19,23)24;2-1-3/h6-7,9-10,12,19H,3-5,8,11H2,1H3;1H,(H,2,3). The molecule has 5 rings (SSSR count). The molecule has 0 amide bonds. The van der Waals surface area contributed by atoms with Crippen molar-refractivity contribution in [3.05, 3.63) is 59.2 Å². The van der Waals surface area contributed by atoms with Crippen LogP contribution in [-0.2, 0) is 11.2 Å². The number of alkyl halides is 2. The van der Waals surface area contributed by atoms with E-state index in [9.17, 15) is 0 Å². The van der Waals surface area contributed by atoms with Crippen molar-refractivity contribution in [2.75, 3.05) is 0 Å². The van der Waals surface area contributed by atoms with Crippen molar-refractivity contribution in [1.82, 2.24) is 19.7 Å². The maximum absolute atomic E-state index is 15.1. The summed E-state index contributed by atoms with van der Waals surface area (Å²) < 4.78 is 37.0. The number of carboxylic acid groups (broad SMARTS) is 1. The number of aryl methyl sites for hydroxylation is 1. The number of halogens is 2. The van der Waals surface area contributed by atoms with Gasteiger partial charge in [-0.25, -0.2) is 18.6 Å². The molecule has 1 aromatic carbocycles. The van der Waals surface area contributed by atoms with E-state index in [4.69, 9.17) is 21.0 Å². The van der Waals surface area contributed by atoms with Crippen LogP contribution in [0.15, 0.2) is 35.0 Å². The Morgan fingerprint density at radius 3 is 2.79 bits per heavy atom. The Morgan fingerprint density at radius 1 is 1.33 bits per heavy atom. The molecule has 170 valence electrons. The summed E-state index contributed by atoms with van der Waals surface area (Å²) in [5, 5.41) is 11.6. The lowest BCUT2D eigenvalue weighted by molar-refractivity contribution is -0.122. The predicted octanol–water partition coefficient (Wildman–Crippen LogP) is 5.47. The summed E-state index contributed by atoms with van der Waals surface area (Å²) in [5.74, 6) is -1.68. The van der Waals surface area contributed by atoms with Crippen molar-refractivity contribution in [2.45, 2.75) is 51.0 Å². The lowest BCUT2D eigenvalue weighted by atomic mass is 9.91. The SMILES string of the molecule is O=CO.[C-]#[N+]c1ccc2ncc3nc(Cc4cc(C)on4)n(C4CCCCC4(F)F)c3c2c1. The van der Waals surface area contributed by atoms with E-state index in [0.717, 1.165) is 6.42 Å². The topological polar surface area (TPSA) is 98.4 Å². The molecular weight excluding hydrogens is 432 g/mol. The number of hydrogen-bond donors (Lipinski definition) is 1. The molecule has 8 nitrogen and oxygen atoms in total. The molecule has 0 saturated heterocycles. The zero-order valence-electron chi connectivity index (χ0n) is 17.8. The summed E-state index contributed by atoms with van der Waals surface area (Å²) in [6.45, 7) is 8.88. The Labute approximate surface area is 187 Å². The molecule has 10 heteroatoms. The highest BCUT2D eigenvalue weighted by Gasteiger charge is 2.44. The van der Waals surface area contributed by atoms with E-state index in [1.807, 2.05) is 0 Å². The first kappa shape index (κ1) is 22.3. The van der Waals surface area contributed by atoms with E-state index in [1.54, 1.807) is 42.0 Å². The lowest BCUT2D eigenvalue weighted by Crippen LogP contribution is -2.35. The second kappa shape index (κ2) is 8.94. The van der Waals surface area contributed by atoms with Gasteiger partial charge in [0.1, 0.15) is 17.1 Å². The van der Waals surface area contributed by atoms with Crippen LogP contribution in [0.5, 0.6) is 0 Å². The van der Waals surface area contributed by atoms with Gasteiger partial charge in [-0.3, -0.25) is 9.78 Å². The van der Waals surface area contributed by atoms with E-state index in [1.165, 1.54) is 0 Å². The number of benzene rings is 1. The Bertz CT molecular complexity index is 1360. The zero-order valence-corrected chi connectivity index (χ0v) is 17.8. The molecule has 4 aromatic rings. The molecule has 1 aliphatic rings. The van der Waals surface area contributed by atoms with Crippen LogP contribution >= 0.6 is 0 Å². The van der Waals surface area contributed by atoms with Gasteiger partial charge in [0.15, 0.2) is 5.69 Å². The Kier molecular flexibility index (Phi) is 6.05. The summed E-state index contributed by atoms with van der Waals surface area (Å²) in [6, 6.07) is 5.93. The third-order valence-corrected chi connectivity index (χ3v) is 5.75. The first-order valence-electron chi connectivity index (χ1n) is 10.4. The molecule has 0 radical (unpaired) electrons. The van der Waals surface area contributed by atoms with Crippen LogP contribution in [0, 0.1) is 13.5 Å². The highest BCUT2D eigenvalue weighted by Crippen LogP contribution is 2.44. The van der Waals surface area contributed by atoms with Gasteiger partial charge in [0, 0.05) is 17.9 Å². The molecule has 1 atom stereocenters. The molecule has 1 saturated carbocycles. The number of rotatable bonds is 3. The van der Waals surface area contributed by atoms with Crippen LogP contribution in [0.25, 0.3) is 26.8 Å². The average Bonchev–Trinajstić information content (AvgIpc) is 3.36. The minimum atomic E-state index is -2.84. The van der Waals surface area contributed by atoms with E-state index < -0.39 is 12.0 Å². The van der Waals surface area contributed by atoms with Crippen LogP contribution in [0.4, 0.5) is 14.5 Å². The molecule has 0 bridgehead atoms. The molecule has 1 fully saturated rings. The van der Waals surface area contributed by atoms with Gasteiger partial charge in [-0.15, -0.1) is 0 Å². The monoisotopic (exact) mass is 453 g/mol. The molecule has 3 heterocycles. The average molecular weight is 453 g/mol. The number of aromatic nitrogens is 4. The van der Waals surface area contributed by atoms with E-state index in [-0.39, 0.29) is 19.3 Å². The molecule has 33 heavy (non-hydrogen) atoms. The van der Waals surface area contributed by atoms with Crippen LogP contribution in [0.3, 0.4) is 0 Å². The van der Waals surface area contributed by atoms with Crippen LogP contribution in [0.1, 0.15) is 49.0 Å². The first-order valence-corrected chi connectivity index (χ1v) is 10.4.